The third-order valence-electron chi connectivity index (χ3n) is 3.85. The quantitative estimate of drug-likeness (QED) is 0.629. The highest BCUT2D eigenvalue weighted by Crippen LogP contribution is 2.29. The van der Waals surface area contributed by atoms with E-state index in [0.717, 1.165) is 24.3 Å². The summed E-state index contributed by atoms with van der Waals surface area (Å²) in [4.78, 5) is 11.6. The Morgan fingerprint density at radius 1 is 0.933 bits per heavy atom. The number of carbonyl (C=O) groups excluding carboxylic acids is 1. The van der Waals surface area contributed by atoms with Crippen LogP contribution in [-0.2, 0) is 22.6 Å². The normalized spacial score (nSPS) is 12.6. The maximum absolute atomic E-state index is 12.5. The van der Waals surface area contributed by atoms with E-state index in [2.05, 4.69) is 5.32 Å². The van der Waals surface area contributed by atoms with E-state index in [1.807, 2.05) is 0 Å². The molecule has 2 rings (SSSR count). The fourth-order valence-corrected chi connectivity index (χ4v) is 3.41. The van der Waals surface area contributed by atoms with Crippen LogP contribution >= 0.6 is 0 Å². The molecule has 0 aliphatic heterocycles. The number of hydrogen-bond donors (Lipinski definition) is 2. The predicted molar refractivity (Wildman–Crippen MR) is 95.2 cm³/mol. The van der Waals surface area contributed by atoms with Crippen LogP contribution in [0, 0.1) is 0 Å². The van der Waals surface area contributed by atoms with Crippen LogP contribution in [0.3, 0.4) is 0 Å². The summed E-state index contributed by atoms with van der Waals surface area (Å²) in [6, 6.07) is 8.81. The molecule has 0 spiro atoms. The lowest BCUT2D eigenvalue weighted by Crippen LogP contribution is -2.34. The molecule has 0 fully saturated rings. The van der Waals surface area contributed by atoms with Crippen molar-refractivity contribution in [1.29, 1.82) is 0 Å². The minimum absolute atomic E-state index is 0.0491. The van der Waals surface area contributed by atoms with Crippen LogP contribution in [0.1, 0.15) is 21.5 Å². The van der Waals surface area contributed by atoms with E-state index in [4.69, 9.17) is 0 Å². The van der Waals surface area contributed by atoms with Gasteiger partial charge < -0.3 is 5.32 Å². The maximum atomic E-state index is 12.5. The lowest BCUT2D eigenvalue weighted by Gasteiger charge is -2.11. The molecule has 2 aromatic rings. The van der Waals surface area contributed by atoms with Gasteiger partial charge in [-0.3, -0.25) is 4.79 Å². The van der Waals surface area contributed by atoms with Gasteiger partial charge in [-0.15, -0.1) is 0 Å². The molecule has 0 heterocycles. The van der Waals surface area contributed by atoms with Gasteiger partial charge in [0.2, 0.25) is 10.0 Å². The molecular weight excluding hydrogens is 438 g/mol. The molecule has 1 amide bonds. The Balaban J connectivity index is 1.97. The molecule has 12 heteroatoms. The Morgan fingerprint density at radius 3 is 2.13 bits per heavy atom. The van der Waals surface area contributed by atoms with Crippen molar-refractivity contribution in [2.75, 3.05) is 13.1 Å². The third-order valence-corrected chi connectivity index (χ3v) is 5.25. The first kappa shape index (κ1) is 23.7. The molecule has 0 aliphatic carbocycles. The van der Waals surface area contributed by atoms with Gasteiger partial charge in [-0.2, -0.15) is 26.3 Å². The number of halogens is 6. The number of sulfonamides is 1. The summed E-state index contributed by atoms with van der Waals surface area (Å²) < 4.78 is 99.5. The standard InChI is InChI=1S/C18H16F6N2O3S/c19-17(20,21)11-26-30(28,29)15-3-1-2-13(10-15)16(27)25-9-8-12-4-6-14(7-5-12)18(22,23)24/h1-7,10,26H,8-9,11H2,(H,25,27). The Hall–Kier alpha value is -2.60. The van der Waals surface area contributed by atoms with E-state index in [1.54, 1.807) is 0 Å². The molecular formula is C18H16F6N2O3S. The first-order valence-electron chi connectivity index (χ1n) is 8.39. The minimum atomic E-state index is -4.74. The van der Waals surface area contributed by atoms with Gasteiger partial charge in [-0.05, 0) is 42.3 Å². The van der Waals surface area contributed by atoms with E-state index in [1.165, 1.54) is 29.0 Å². The number of alkyl halides is 6. The highest BCUT2D eigenvalue weighted by Gasteiger charge is 2.31. The smallest absolute Gasteiger partial charge is 0.352 e. The summed E-state index contributed by atoms with van der Waals surface area (Å²) in [5.74, 6) is -0.685. The monoisotopic (exact) mass is 454 g/mol. The summed E-state index contributed by atoms with van der Waals surface area (Å²) in [5, 5.41) is 2.47. The summed E-state index contributed by atoms with van der Waals surface area (Å²) >= 11 is 0. The van der Waals surface area contributed by atoms with Crippen molar-refractivity contribution in [1.82, 2.24) is 10.0 Å². The third kappa shape index (κ3) is 7.02. The summed E-state index contributed by atoms with van der Waals surface area (Å²) in [7, 11) is -4.47. The lowest BCUT2D eigenvalue weighted by molar-refractivity contribution is -0.137. The first-order chi connectivity index (χ1) is 13.8. The number of carbonyl (C=O) groups is 1. The van der Waals surface area contributed by atoms with E-state index < -0.39 is 45.3 Å². The molecule has 0 atom stereocenters. The van der Waals surface area contributed by atoms with Crippen LogP contribution in [0.2, 0.25) is 0 Å². The molecule has 0 aromatic heterocycles. The van der Waals surface area contributed by atoms with E-state index in [0.29, 0.717) is 5.56 Å². The van der Waals surface area contributed by atoms with Gasteiger partial charge in [0, 0.05) is 12.1 Å². The zero-order valence-electron chi connectivity index (χ0n) is 15.1. The number of hydrogen-bond acceptors (Lipinski definition) is 3. The molecule has 0 bridgehead atoms. The Labute approximate surface area is 168 Å². The van der Waals surface area contributed by atoms with Crippen LogP contribution in [-0.4, -0.2) is 33.6 Å². The van der Waals surface area contributed by atoms with Crippen molar-refractivity contribution < 1.29 is 39.6 Å². The Bertz CT molecular complexity index is 986. The van der Waals surface area contributed by atoms with Crippen molar-refractivity contribution in [3.8, 4) is 0 Å². The van der Waals surface area contributed by atoms with Crippen LogP contribution in [0.4, 0.5) is 26.3 Å². The van der Waals surface area contributed by atoms with Crippen LogP contribution in [0.5, 0.6) is 0 Å². The highest BCUT2D eigenvalue weighted by molar-refractivity contribution is 7.89. The van der Waals surface area contributed by atoms with E-state index >= 15 is 0 Å². The molecule has 2 N–H and O–H groups in total. The van der Waals surface area contributed by atoms with Crippen molar-refractivity contribution in [3.05, 3.63) is 65.2 Å². The number of benzene rings is 2. The summed E-state index contributed by atoms with van der Waals surface area (Å²) in [5.41, 5.74) is -0.360. The SMILES string of the molecule is O=C(NCCc1ccc(C(F)(F)F)cc1)c1cccc(S(=O)(=O)NCC(F)(F)F)c1. The fraction of sp³-hybridized carbons (Fsp3) is 0.278. The second-order valence-corrected chi connectivity index (χ2v) is 7.94. The van der Waals surface area contributed by atoms with Gasteiger partial charge in [0.05, 0.1) is 10.5 Å². The van der Waals surface area contributed by atoms with Crippen molar-refractivity contribution in [3.63, 3.8) is 0 Å². The maximum Gasteiger partial charge on any atom is 0.416 e. The summed E-state index contributed by atoms with van der Waals surface area (Å²) in [6.07, 6.45) is -8.97. The highest BCUT2D eigenvalue weighted by atomic mass is 32.2. The summed E-state index contributed by atoms with van der Waals surface area (Å²) in [6.45, 7) is -1.70. The molecule has 0 radical (unpaired) electrons. The zero-order valence-corrected chi connectivity index (χ0v) is 16.0. The second kappa shape index (κ2) is 9.04. The zero-order chi connectivity index (χ0) is 22.6. The van der Waals surface area contributed by atoms with Gasteiger partial charge in [-0.25, -0.2) is 13.1 Å². The number of rotatable bonds is 7. The predicted octanol–water partition coefficient (Wildman–Crippen LogP) is 3.52. The largest absolute Gasteiger partial charge is 0.416 e. The fourth-order valence-electron chi connectivity index (χ4n) is 2.35. The van der Waals surface area contributed by atoms with Gasteiger partial charge in [0.15, 0.2) is 0 Å². The number of amides is 1. The lowest BCUT2D eigenvalue weighted by atomic mass is 10.1. The Morgan fingerprint density at radius 2 is 1.57 bits per heavy atom. The van der Waals surface area contributed by atoms with Crippen molar-refractivity contribution in [2.45, 2.75) is 23.7 Å². The molecule has 0 unspecified atom stereocenters. The van der Waals surface area contributed by atoms with Crippen molar-refractivity contribution in [2.24, 2.45) is 0 Å². The second-order valence-electron chi connectivity index (χ2n) is 6.17. The molecule has 0 saturated carbocycles. The van der Waals surface area contributed by atoms with Gasteiger partial charge in [0.25, 0.3) is 5.91 Å². The van der Waals surface area contributed by atoms with Gasteiger partial charge in [0.1, 0.15) is 6.54 Å². The van der Waals surface area contributed by atoms with E-state index in [9.17, 15) is 39.6 Å². The molecule has 164 valence electrons. The topological polar surface area (TPSA) is 75.3 Å². The minimum Gasteiger partial charge on any atom is -0.352 e. The molecule has 30 heavy (non-hydrogen) atoms. The average molecular weight is 454 g/mol. The van der Waals surface area contributed by atoms with Crippen molar-refractivity contribution >= 4 is 15.9 Å². The molecule has 0 aliphatic rings. The molecule has 5 nitrogen and oxygen atoms in total. The van der Waals surface area contributed by atoms with Crippen LogP contribution in [0.25, 0.3) is 0 Å². The Kier molecular flexibility index (Phi) is 7.14. The number of nitrogens with one attached hydrogen (secondary N) is 2. The van der Waals surface area contributed by atoms with Gasteiger partial charge >= 0.3 is 12.4 Å². The first-order valence-corrected chi connectivity index (χ1v) is 9.87. The van der Waals surface area contributed by atoms with Gasteiger partial charge in [-0.1, -0.05) is 18.2 Å². The molecule has 2 aromatic carbocycles. The van der Waals surface area contributed by atoms with Crippen LogP contribution in [0.15, 0.2) is 53.4 Å². The van der Waals surface area contributed by atoms with E-state index in [-0.39, 0.29) is 18.5 Å². The average Bonchev–Trinajstić information content (AvgIpc) is 2.66. The van der Waals surface area contributed by atoms with Crippen LogP contribution < -0.4 is 10.0 Å². The molecule has 0 saturated heterocycles.